The van der Waals surface area contributed by atoms with Crippen LogP contribution in [0.4, 0.5) is 4.39 Å². The first-order valence-corrected chi connectivity index (χ1v) is 8.07. The summed E-state index contributed by atoms with van der Waals surface area (Å²) in [6.45, 7) is 7.18. The lowest BCUT2D eigenvalue weighted by Gasteiger charge is -2.32. The maximum absolute atomic E-state index is 12.9. The van der Waals surface area contributed by atoms with Crippen molar-refractivity contribution < 1.29 is 13.9 Å². The lowest BCUT2D eigenvalue weighted by molar-refractivity contribution is -0.129. The second-order valence-corrected chi connectivity index (χ2v) is 5.69. The van der Waals surface area contributed by atoms with Crippen molar-refractivity contribution in [3.63, 3.8) is 0 Å². The zero-order chi connectivity index (χ0) is 15.9. The SMILES string of the molecule is CC[C@@H](Oc1ccc(F)cc1)C(=O)NC1CCN(CC)CC1. The molecule has 1 aliphatic heterocycles. The van der Waals surface area contributed by atoms with Gasteiger partial charge in [0.1, 0.15) is 11.6 Å². The molecule has 22 heavy (non-hydrogen) atoms. The Labute approximate surface area is 131 Å². The molecule has 122 valence electrons. The van der Waals surface area contributed by atoms with E-state index in [9.17, 15) is 9.18 Å². The number of halogens is 1. The molecule has 1 aliphatic rings. The fourth-order valence-corrected chi connectivity index (χ4v) is 2.69. The average Bonchev–Trinajstić information content (AvgIpc) is 2.55. The number of piperidine rings is 1. The van der Waals surface area contributed by atoms with E-state index in [1.54, 1.807) is 12.1 Å². The molecule has 4 nitrogen and oxygen atoms in total. The molecule has 1 aromatic rings. The summed E-state index contributed by atoms with van der Waals surface area (Å²) in [6.07, 6.45) is 2.01. The Morgan fingerprint density at radius 1 is 1.32 bits per heavy atom. The largest absolute Gasteiger partial charge is 0.481 e. The van der Waals surface area contributed by atoms with Crippen LogP contribution in [0.3, 0.4) is 0 Å². The number of rotatable bonds is 6. The van der Waals surface area contributed by atoms with Gasteiger partial charge in [0, 0.05) is 19.1 Å². The van der Waals surface area contributed by atoms with Gasteiger partial charge in [-0.25, -0.2) is 4.39 Å². The molecule has 0 bridgehead atoms. The molecule has 1 N–H and O–H groups in total. The fraction of sp³-hybridized carbons (Fsp3) is 0.588. The van der Waals surface area contributed by atoms with E-state index in [1.807, 2.05) is 6.92 Å². The number of amides is 1. The molecule has 0 aromatic heterocycles. The number of nitrogens with one attached hydrogen (secondary N) is 1. The predicted molar refractivity (Wildman–Crippen MR) is 84.4 cm³/mol. The summed E-state index contributed by atoms with van der Waals surface area (Å²) in [4.78, 5) is 14.7. The van der Waals surface area contributed by atoms with Crippen LogP contribution < -0.4 is 10.1 Å². The first-order chi connectivity index (χ1) is 10.6. The highest BCUT2D eigenvalue weighted by Crippen LogP contribution is 2.15. The third kappa shape index (κ3) is 4.70. The third-order valence-electron chi connectivity index (χ3n) is 4.14. The number of likely N-dealkylation sites (tertiary alicyclic amines) is 1. The summed E-state index contributed by atoms with van der Waals surface area (Å²) in [5.41, 5.74) is 0. The van der Waals surface area contributed by atoms with E-state index in [2.05, 4.69) is 17.1 Å². The van der Waals surface area contributed by atoms with Crippen molar-refractivity contribution in [2.24, 2.45) is 0 Å². The minimum atomic E-state index is -0.533. The van der Waals surface area contributed by atoms with Crippen molar-refractivity contribution in [3.8, 4) is 5.75 Å². The number of carbonyl (C=O) groups excluding carboxylic acids is 1. The van der Waals surface area contributed by atoms with Crippen LogP contribution in [0.1, 0.15) is 33.1 Å². The number of benzene rings is 1. The molecule has 1 aromatic carbocycles. The minimum Gasteiger partial charge on any atom is -0.481 e. The molecule has 1 amide bonds. The standard InChI is InChI=1S/C17H25FN2O2/c1-3-16(22-15-7-5-13(18)6-8-15)17(21)19-14-9-11-20(4-2)12-10-14/h5-8,14,16H,3-4,9-12H2,1-2H3,(H,19,21)/t16-/m1/s1. The second-order valence-electron chi connectivity index (χ2n) is 5.69. The zero-order valence-corrected chi connectivity index (χ0v) is 13.3. The van der Waals surface area contributed by atoms with Gasteiger partial charge in [0.05, 0.1) is 0 Å². The molecule has 1 heterocycles. The van der Waals surface area contributed by atoms with Crippen LogP contribution in [0.2, 0.25) is 0 Å². The summed E-state index contributed by atoms with van der Waals surface area (Å²) in [5, 5.41) is 3.08. The van der Waals surface area contributed by atoms with Crippen LogP contribution in [-0.4, -0.2) is 42.6 Å². The van der Waals surface area contributed by atoms with Crippen LogP contribution in [0.15, 0.2) is 24.3 Å². The van der Waals surface area contributed by atoms with Crippen LogP contribution in [0.25, 0.3) is 0 Å². The van der Waals surface area contributed by atoms with Gasteiger partial charge in [-0.3, -0.25) is 4.79 Å². The smallest absolute Gasteiger partial charge is 0.261 e. The Bertz CT molecular complexity index is 470. The number of hydrogen-bond acceptors (Lipinski definition) is 3. The summed E-state index contributed by atoms with van der Waals surface area (Å²) in [6, 6.07) is 5.98. The molecule has 0 spiro atoms. The molecule has 0 saturated carbocycles. The average molecular weight is 308 g/mol. The molecule has 2 rings (SSSR count). The van der Waals surface area contributed by atoms with Crippen LogP contribution in [-0.2, 0) is 4.79 Å². The van der Waals surface area contributed by atoms with Gasteiger partial charge >= 0.3 is 0 Å². The van der Waals surface area contributed by atoms with E-state index in [0.29, 0.717) is 12.2 Å². The van der Waals surface area contributed by atoms with Crippen molar-refractivity contribution in [1.82, 2.24) is 10.2 Å². The van der Waals surface area contributed by atoms with E-state index in [-0.39, 0.29) is 17.8 Å². The van der Waals surface area contributed by atoms with Gasteiger partial charge in [-0.15, -0.1) is 0 Å². The molecule has 5 heteroatoms. The van der Waals surface area contributed by atoms with E-state index >= 15 is 0 Å². The molecule has 0 aliphatic carbocycles. The van der Waals surface area contributed by atoms with Crippen molar-refractivity contribution >= 4 is 5.91 Å². The highest BCUT2D eigenvalue weighted by molar-refractivity contribution is 5.81. The van der Waals surface area contributed by atoms with Gasteiger partial charge in [0.25, 0.3) is 5.91 Å². The maximum atomic E-state index is 12.9. The molecule has 0 radical (unpaired) electrons. The number of nitrogens with zero attached hydrogens (tertiary/aromatic N) is 1. The van der Waals surface area contributed by atoms with Crippen LogP contribution >= 0.6 is 0 Å². The normalized spacial score (nSPS) is 18.0. The molecule has 1 fully saturated rings. The summed E-state index contributed by atoms with van der Waals surface area (Å²) < 4.78 is 18.6. The summed E-state index contributed by atoms with van der Waals surface area (Å²) in [5.74, 6) is 0.124. The van der Waals surface area contributed by atoms with Crippen molar-refractivity contribution in [2.45, 2.75) is 45.3 Å². The van der Waals surface area contributed by atoms with Gasteiger partial charge in [-0.05, 0) is 50.1 Å². The molecule has 1 atom stereocenters. The monoisotopic (exact) mass is 308 g/mol. The van der Waals surface area contributed by atoms with Gasteiger partial charge < -0.3 is 15.0 Å². The highest BCUT2D eigenvalue weighted by Gasteiger charge is 2.24. The Morgan fingerprint density at radius 3 is 2.50 bits per heavy atom. The van der Waals surface area contributed by atoms with Crippen LogP contribution in [0.5, 0.6) is 5.75 Å². The van der Waals surface area contributed by atoms with Gasteiger partial charge in [0.2, 0.25) is 0 Å². The first-order valence-electron chi connectivity index (χ1n) is 8.07. The second kappa shape index (κ2) is 8.13. The Balaban J connectivity index is 1.85. The maximum Gasteiger partial charge on any atom is 0.261 e. The zero-order valence-electron chi connectivity index (χ0n) is 13.3. The van der Waals surface area contributed by atoms with Crippen LogP contribution in [0, 0.1) is 5.82 Å². The van der Waals surface area contributed by atoms with Gasteiger partial charge in [0.15, 0.2) is 6.10 Å². The number of ether oxygens (including phenoxy) is 1. The fourth-order valence-electron chi connectivity index (χ4n) is 2.69. The van der Waals surface area contributed by atoms with Gasteiger partial charge in [-0.2, -0.15) is 0 Å². The highest BCUT2D eigenvalue weighted by atomic mass is 19.1. The van der Waals surface area contributed by atoms with E-state index < -0.39 is 6.10 Å². The van der Waals surface area contributed by atoms with E-state index in [1.165, 1.54) is 12.1 Å². The lowest BCUT2D eigenvalue weighted by Crippen LogP contribution is -2.48. The minimum absolute atomic E-state index is 0.0817. The quantitative estimate of drug-likeness (QED) is 0.878. The van der Waals surface area contributed by atoms with Gasteiger partial charge in [-0.1, -0.05) is 13.8 Å². The molecular weight excluding hydrogens is 283 g/mol. The summed E-state index contributed by atoms with van der Waals surface area (Å²) in [7, 11) is 0. The Morgan fingerprint density at radius 2 is 1.95 bits per heavy atom. The molecule has 0 unspecified atom stereocenters. The summed E-state index contributed by atoms with van der Waals surface area (Å²) >= 11 is 0. The Kier molecular flexibility index (Phi) is 6.19. The third-order valence-corrected chi connectivity index (χ3v) is 4.14. The van der Waals surface area contributed by atoms with Crippen molar-refractivity contribution in [2.75, 3.05) is 19.6 Å². The number of carbonyl (C=O) groups is 1. The predicted octanol–water partition coefficient (Wildman–Crippen LogP) is 2.58. The Hall–Kier alpha value is -1.62. The molecular formula is C17H25FN2O2. The molecule has 1 saturated heterocycles. The van der Waals surface area contributed by atoms with E-state index in [4.69, 9.17) is 4.74 Å². The van der Waals surface area contributed by atoms with E-state index in [0.717, 1.165) is 32.5 Å². The number of hydrogen-bond donors (Lipinski definition) is 1. The first kappa shape index (κ1) is 16.7. The van der Waals surface area contributed by atoms with Crippen molar-refractivity contribution in [1.29, 1.82) is 0 Å². The topological polar surface area (TPSA) is 41.6 Å². The lowest BCUT2D eigenvalue weighted by atomic mass is 10.0. The van der Waals surface area contributed by atoms with Crippen molar-refractivity contribution in [3.05, 3.63) is 30.1 Å².